The molecule has 0 bridgehead atoms. The van der Waals surface area contributed by atoms with Crippen LogP contribution in [-0.4, -0.2) is 44.4 Å². The number of carbonyl (C=O) groups excluding carboxylic acids is 2. The number of likely N-dealkylation sites (N-methyl/N-ethyl adjacent to an activating group) is 1. The zero-order valence-corrected chi connectivity index (χ0v) is 14.4. The molecule has 1 unspecified atom stereocenters. The SMILES string of the molecule is CN(C)C(=O)c1ccc(NC(=O)C[NH+](C)Cc2cccs2)cc1. The molecule has 0 aliphatic carbocycles. The van der Waals surface area contributed by atoms with Crippen LogP contribution in [0.15, 0.2) is 41.8 Å². The van der Waals surface area contributed by atoms with Gasteiger partial charge in [0.15, 0.2) is 6.54 Å². The summed E-state index contributed by atoms with van der Waals surface area (Å²) in [6, 6.07) is 11.0. The summed E-state index contributed by atoms with van der Waals surface area (Å²) in [7, 11) is 5.42. The summed E-state index contributed by atoms with van der Waals surface area (Å²) in [6.07, 6.45) is 0. The fourth-order valence-corrected chi connectivity index (χ4v) is 3.03. The van der Waals surface area contributed by atoms with Gasteiger partial charge in [-0.3, -0.25) is 9.59 Å². The maximum atomic E-state index is 12.1. The minimum atomic E-state index is -0.0528. The predicted octanol–water partition coefficient (Wildman–Crippen LogP) is 1.10. The Labute approximate surface area is 140 Å². The molecule has 5 nitrogen and oxygen atoms in total. The summed E-state index contributed by atoms with van der Waals surface area (Å²) in [5.74, 6) is -0.0891. The van der Waals surface area contributed by atoms with Crippen LogP contribution in [0.4, 0.5) is 5.69 Å². The van der Waals surface area contributed by atoms with Crippen molar-refractivity contribution in [2.75, 3.05) is 33.0 Å². The largest absolute Gasteiger partial charge is 0.345 e. The van der Waals surface area contributed by atoms with E-state index in [9.17, 15) is 9.59 Å². The van der Waals surface area contributed by atoms with Gasteiger partial charge in [-0.15, -0.1) is 11.3 Å². The van der Waals surface area contributed by atoms with E-state index in [1.165, 1.54) is 9.78 Å². The Bertz CT molecular complexity index is 651. The predicted molar refractivity (Wildman–Crippen MR) is 92.9 cm³/mol. The lowest BCUT2D eigenvalue weighted by Gasteiger charge is -2.13. The first-order chi connectivity index (χ1) is 11.0. The average Bonchev–Trinajstić information content (AvgIpc) is 2.99. The average molecular weight is 332 g/mol. The van der Waals surface area contributed by atoms with Gasteiger partial charge in [0.1, 0.15) is 6.54 Å². The van der Waals surface area contributed by atoms with E-state index < -0.39 is 0 Å². The lowest BCUT2D eigenvalue weighted by molar-refractivity contribution is -0.884. The third-order valence-electron chi connectivity index (χ3n) is 3.34. The second kappa shape index (κ2) is 7.89. The highest BCUT2D eigenvalue weighted by Crippen LogP contribution is 2.10. The Morgan fingerprint density at radius 2 is 1.87 bits per heavy atom. The molecule has 0 radical (unpaired) electrons. The molecule has 6 heteroatoms. The number of anilines is 1. The molecule has 0 aliphatic heterocycles. The van der Waals surface area contributed by atoms with Crippen LogP contribution in [0.25, 0.3) is 0 Å². The van der Waals surface area contributed by atoms with Crippen LogP contribution in [-0.2, 0) is 11.3 Å². The van der Waals surface area contributed by atoms with E-state index >= 15 is 0 Å². The molecule has 2 N–H and O–H groups in total. The molecule has 1 aromatic carbocycles. The molecule has 0 spiro atoms. The van der Waals surface area contributed by atoms with Crippen molar-refractivity contribution in [1.82, 2.24) is 4.90 Å². The number of quaternary nitrogens is 1. The van der Waals surface area contributed by atoms with Crippen LogP contribution in [0.1, 0.15) is 15.2 Å². The van der Waals surface area contributed by atoms with Gasteiger partial charge in [-0.05, 0) is 35.7 Å². The summed E-state index contributed by atoms with van der Waals surface area (Å²) in [5, 5.41) is 4.91. The van der Waals surface area contributed by atoms with Gasteiger partial charge in [0, 0.05) is 25.3 Å². The van der Waals surface area contributed by atoms with Gasteiger partial charge in [-0.25, -0.2) is 0 Å². The van der Waals surface area contributed by atoms with Gasteiger partial charge >= 0.3 is 0 Å². The van der Waals surface area contributed by atoms with Crippen molar-refractivity contribution in [2.45, 2.75) is 6.54 Å². The number of nitrogens with one attached hydrogen (secondary N) is 2. The monoisotopic (exact) mass is 332 g/mol. The van der Waals surface area contributed by atoms with Gasteiger partial charge in [-0.1, -0.05) is 6.07 Å². The number of amides is 2. The van der Waals surface area contributed by atoms with Crippen LogP contribution in [0.5, 0.6) is 0 Å². The summed E-state index contributed by atoms with van der Waals surface area (Å²) in [6.45, 7) is 1.23. The Balaban J connectivity index is 1.86. The van der Waals surface area contributed by atoms with Gasteiger partial charge in [-0.2, -0.15) is 0 Å². The number of carbonyl (C=O) groups is 2. The van der Waals surface area contributed by atoms with Crippen molar-refractivity contribution in [3.05, 3.63) is 52.2 Å². The van der Waals surface area contributed by atoms with Crippen molar-refractivity contribution in [1.29, 1.82) is 0 Å². The van der Waals surface area contributed by atoms with Gasteiger partial charge in [0.05, 0.1) is 11.9 Å². The van der Waals surface area contributed by atoms with E-state index in [4.69, 9.17) is 0 Å². The maximum absolute atomic E-state index is 12.1. The molecule has 122 valence electrons. The number of thiophene rings is 1. The van der Waals surface area contributed by atoms with Crippen LogP contribution in [0.3, 0.4) is 0 Å². The van der Waals surface area contributed by atoms with E-state index in [0.717, 1.165) is 11.4 Å². The standard InChI is InChI=1S/C17H21N3O2S/c1-19(2)17(22)13-6-8-14(9-7-13)18-16(21)12-20(3)11-15-5-4-10-23-15/h4-10H,11-12H2,1-3H3,(H,18,21)/p+1. The fourth-order valence-electron chi connectivity index (χ4n) is 2.21. The maximum Gasteiger partial charge on any atom is 0.279 e. The fraction of sp³-hybridized carbons (Fsp3) is 0.294. The van der Waals surface area contributed by atoms with Gasteiger partial charge < -0.3 is 15.1 Å². The highest BCUT2D eigenvalue weighted by Gasteiger charge is 2.12. The number of benzene rings is 1. The van der Waals surface area contributed by atoms with Crippen LogP contribution in [0, 0.1) is 0 Å². The number of nitrogens with zero attached hydrogens (tertiary/aromatic N) is 1. The number of hydrogen-bond donors (Lipinski definition) is 2. The molecule has 1 aromatic heterocycles. The first kappa shape index (κ1) is 17.2. The molecule has 0 fully saturated rings. The Morgan fingerprint density at radius 3 is 2.43 bits per heavy atom. The lowest BCUT2D eigenvalue weighted by atomic mass is 10.2. The number of hydrogen-bond acceptors (Lipinski definition) is 3. The minimum Gasteiger partial charge on any atom is -0.345 e. The molecule has 2 amide bonds. The second-order valence-electron chi connectivity index (χ2n) is 5.72. The molecule has 2 aromatic rings. The summed E-state index contributed by atoms with van der Waals surface area (Å²) in [5.41, 5.74) is 1.31. The zero-order valence-electron chi connectivity index (χ0n) is 13.6. The van der Waals surface area contributed by atoms with Crippen LogP contribution in [0.2, 0.25) is 0 Å². The first-order valence-electron chi connectivity index (χ1n) is 7.41. The molecule has 0 saturated heterocycles. The molecule has 0 saturated carbocycles. The van der Waals surface area contributed by atoms with Crippen molar-refractivity contribution < 1.29 is 14.5 Å². The highest BCUT2D eigenvalue weighted by molar-refractivity contribution is 7.09. The van der Waals surface area contributed by atoms with E-state index in [-0.39, 0.29) is 11.8 Å². The van der Waals surface area contributed by atoms with E-state index in [1.807, 2.05) is 18.5 Å². The molecular formula is C17H22N3O2S+. The van der Waals surface area contributed by atoms with Crippen molar-refractivity contribution >= 4 is 28.8 Å². The van der Waals surface area contributed by atoms with E-state index in [0.29, 0.717) is 17.8 Å². The summed E-state index contributed by atoms with van der Waals surface area (Å²) in [4.78, 5) is 27.8. The third-order valence-corrected chi connectivity index (χ3v) is 4.22. The highest BCUT2D eigenvalue weighted by atomic mass is 32.1. The van der Waals surface area contributed by atoms with E-state index in [2.05, 4.69) is 11.4 Å². The molecule has 0 aliphatic rings. The molecule has 2 rings (SSSR count). The quantitative estimate of drug-likeness (QED) is 0.832. The summed E-state index contributed by atoms with van der Waals surface area (Å²) < 4.78 is 0. The van der Waals surface area contributed by atoms with E-state index in [1.54, 1.807) is 49.7 Å². The molecule has 1 heterocycles. The van der Waals surface area contributed by atoms with Gasteiger partial charge in [0.2, 0.25) is 0 Å². The third kappa shape index (κ3) is 5.19. The molecular weight excluding hydrogens is 310 g/mol. The normalized spacial score (nSPS) is 11.8. The van der Waals surface area contributed by atoms with Crippen molar-refractivity contribution in [3.8, 4) is 0 Å². The Hall–Kier alpha value is -2.18. The first-order valence-corrected chi connectivity index (χ1v) is 8.29. The van der Waals surface area contributed by atoms with Gasteiger partial charge in [0.25, 0.3) is 11.8 Å². The van der Waals surface area contributed by atoms with Crippen molar-refractivity contribution in [3.63, 3.8) is 0 Å². The Morgan fingerprint density at radius 1 is 1.17 bits per heavy atom. The van der Waals surface area contributed by atoms with Crippen molar-refractivity contribution in [2.24, 2.45) is 0 Å². The minimum absolute atomic E-state index is 0.0363. The van der Waals surface area contributed by atoms with Crippen LogP contribution >= 0.6 is 11.3 Å². The molecule has 1 atom stereocenters. The Kier molecular flexibility index (Phi) is 5.90. The summed E-state index contributed by atoms with van der Waals surface area (Å²) >= 11 is 1.70. The number of rotatable bonds is 6. The molecule has 23 heavy (non-hydrogen) atoms. The second-order valence-corrected chi connectivity index (χ2v) is 6.75. The van der Waals surface area contributed by atoms with Crippen LogP contribution < -0.4 is 10.2 Å². The lowest BCUT2D eigenvalue weighted by Crippen LogP contribution is -3.08. The zero-order chi connectivity index (χ0) is 16.8. The smallest absolute Gasteiger partial charge is 0.279 e. The topological polar surface area (TPSA) is 53.9 Å².